The van der Waals surface area contributed by atoms with Gasteiger partial charge in [-0.25, -0.2) is 0 Å². The average molecular weight is 315 g/mol. The Kier molecular flexibility index (Phi) is 9.26. The third-order valence-electron chi connectivity index (χ3n) is 3.14. The van der Waals surface area contributed by atoms with Gasteiger partial charge in [-0.1, -0.05) is 43.7 Å². The second-order valence-electron chi connectivity index (χ2n) is 5.54. The van der Waals surface area contributed by atoms with Gasteiger partial charge >= 0.3 is 0 Å². The van der Waals surface area contributed by atoms with Crippen molar-refractivity contribution in [3.8, 4) is 0 Å². The number of carbonyl (C=O) groups excluding carboxylic acids is 1. The van der Waals surface area contributed by atoms with Crippen LogP contribution in [0.3, 0.4) is 0 Å². The normalized spacial score (nSPS) is 14.7. The summed E-state index contributed by atoms with van der Waals surface area (Å²) in [5, 5.41) is 2.90. The fourth-order valence-corrected chi connectivity index (χ4v) is 1.99. The molecule has 0 aliphatic carbocycles. The molecule has 3 N–H and O–H groups in total. The van der Waals surface area contributed by atoms with Crippen molar-refractivity contribution in [2.75, 3.05) is 6.61 Å². The maximum absolute atomic E-state index is 12.0. The number of carbonyl (C=O) groups is 1. The lowest BCUT2D eigenvalue weighted by atomic mass is 9.96. The fraction of sp³-hybridized carbons (Fsp3) is 0.562. The minimum absolute atomic E-state index is 0. The Morgan fingerprint density at radius 2 is 2.00 bits per heavy atom. The molecule has 2 unspecified atom stereocenters. The van der Waals surface area contributed by atoms with Crippen LogP contribution in [0.2, 0.25) is 0 Å². The first kappa shape index (κ1) is 19.9. The Labute approximate surface area is 133 Å². The van der Waals surface area contributed by atoms with E-state index in [0.29, 0.717) is 19.6 Å². The van der Waals surface area contributed by atoms with Gasteiger partial charge in [-0.3, -0.25) is 4.79 Å². The van der Waals surface area contributed by atoms with Gasteiger partial charge in [0, 0.05) is 6.04 Å². The zero-order valence-electron chi connectivity index (χ0n) is 13.1. The molecule has 0 saturated heterocycles. The predicted octanol–water partition coefficient (Wildman–Crippen LogP) is 2.65. The van der Waals surface area contributed by atoms with Crippen molar-refractivity contribution in [1.29, 1.82) is 0 Å². The molecule has 0 radical (unpaired) electrons. The van der Waals surface area contributed by atoms with E-state index in [9.17, 15) is 4.79 Å². The van der Waals surface area contributed by atoms with Gasteiger partial charge in [-0.15, -0.1) is 12.4 Å². The van der Waals surface area contributed by atoms with E-state index in [1.165, 1.54) is 0 Å². The molecule has 0 saturated carbocycles. The quantitative estimate of drug-likeness (QED) is 0.775. The molecule has 1 rings (SSSR count). The highest BCUT2D eigenvalue weighted by molar-refractivity contribution is 5.86. The van der Waals surface area contributed by atoms with Gasteiger partial charge in [-0.2, -0.15) is 0 Å². The fourth-order valence-electron chi connectivity index (χ4n) is 1.99. The molecular weight excluding hydrogens is 288 g/mol. The van der Waals surface area contributed by atoms with E-state index in [1.807, 2.05) is 44.2 Å². The van der Waals surface area contributed by atoms with Gasteiger partial charge in [0.05, 0.1) is 18.8 Å². The van der Waals surface area contributed by atoms with E-state index in [-0.39, 0.29) is 24.4 Å². The Hall–Kier alpha value is -1.10. The molecule has 4 nitrogen and oxygen atoms in total. The SMILES string of the molecule is CCCC(C)(N)C(=O)NC(C)COCc1ccccc1.Cl. The zero-order chi connectivity index (χ0) is 15.0. The number of amides is 1. The van der Waals surface area contributed by atoms with Crippen LogP contribution in [-0.4, -0.2) is 24.1 Å². The highest BCUT2D eigenvalue weighted by atomic mass is 35.5. The van der Waals surface area contributed by atoms with E-state index >= 15 is 0 Å². The van der Waals surface area contributed by atoms with Crippen LogP contribution in [-0.2, 0) is 16.1 Å². The number of hydrogen-bond acceptors (Lipinski definition) is 3. The van der Waals surface area contributed by atoms with Crippen LogP contribution >= 0.6 is 12.4 Å². The topological polar surface area (TPSA) is 64.4 Å². The summed E-state index contributed by atoms with van der Waals surface area (Å²) in [5.41, 5.74) is 6.31. The van der Waals surface area contributed by atoms with Crippen molar-refractivity contribution in [2.24, 2.45) is 5.73 Å². The molecule has 0 bridgehead atoms. The van der Waals surface area contributed by atoms with Crippen LogP contribution in [0.25, 0.3) is 0 Å². The molecule has 0 spiro atoms. The first-order valence-electron chi connectivity index (χ1n) is 7.17. The summed E-state index contributed by atoms with van der Waals surface area (Å²) in [6, 6.07) is 9.92. The van der Waals surface area contributed by atoms with Crippen molar-refractivity contribution in [3.63, 3.8) is 0 Å². The molecule has 1 aromatic carbocycles. The van der Waals surface area contributed by atoms with Crippen LogP contribution in [0.5, 0.6) is 0 Å². The van der Waals surface area contributed by atoms with Gasteiger partial charge in [0.2, 0.25) is 5.91 Å². The first-order chi connectivity index (χ1) is 9.45. The van der Waals surface area contributed by atoms with Crippen LogP contribution < -0.4 is 11.1 Å². The molecule has 0 aliphatic rings. The van der Waals surface area contributed by atoms with E-state index in [4.69, 9.17) is 10.5 Å². The van der Waals surface area contributed by atoms with Crippen LogP contribution in [0.4, 0.5) is 0 Å². The molecule has 21 heavy (non-hydrogen) atoms. The summed E-state index contributed by atoms with van der Waals surface area (Å²) in [6.07, 6.45) is 1.57. The van der Waals surface area contributed by atoms with E-state index < -0.39 is 5.54 Å². The van der Waals surface area contributed by atoms with Crippen molar-refractivity contribution in [3.05, 3.63) is 35.9 Å². The Bertz CT molecular complexity index is 410. The summed E-state index contributed by atoms with van der Waals surface area (Å²) in [5.74, 6) is -0.116. The van der Waals surface area contributed by atoms with Crippen molar-refractivity contribution in [2.45, 2.75) is 51.8 Å². The summed E-state index contributed by atoms with van der Waals surface area (Å²) in [7, 11) is 0. The zero-order valence-corrected chi connectivity index (χ0v) is 13.9. The van der Waals surface area contributed by atoms with Crippen molar-refractivity contribution < 1.29 is 9.53 Å². The second kappa shape index (κ2) is 9.77. The molecular formula is C16H27ClN2O2. The second-order valence-corrected chi connectivity index (χ2v) is 5.54. The number of benzene rings is 1. The van der Waals surface area contributed by atoms with Crippen molar-refractivity contribution >= 4 is 18.3 Å². The molecule has 1 aromatic rings. The number of nitrogens with one attached hydrogen (secondary N) is 1. The van der Waals surface area contributed by atoms with Gasteiger partial charge in [0.25, 0.3) is 0 Å². The maximum atomic E-state index is 12.0. The molecule has 0 fully saturated rings. The molecule has 0 aromatic heterocycles. The van der Waals surface area contributed by atoms with Gasteiger partial charge in [0.1, 0.15) is 0 Å². The Morgan fingerprint density at radius 1 is 1.38 bits per heavy atom. The molecule has 1 amide bonds. The van der Waals surface area contributed by atoms with E-state index in [1.54, 1.807) is 6.92 Å². The maximum Gasteiger partial charge on any atom is 0.240 e. The molecule has 2 atom stereocenters. The van der Waals surface area contributed by atoms with Gasteiger partial charge < -0.3 is 15.8 Å². The van der Waals surface area contributed by atoms with E-state index in [2.05, 4.69) is 5.32 Å². The van der Waals surface area contributed by atoms with Crippen LogP contribution in [0.1, 0.15) is 39.2 Å². The summed E-state index contributed by atoms with van der Waals surface area (Å²) in [4.78, 5) is 12.0. The summed E-state index contributed by atoms with van der Waals surface area (Å²) < 4.78 is 5.60. The Balaban J connectivity index is 0.00000400. The lowest BCUT2D eigenvalue weighted by Gasteiger charge is -2.25. The molecule has 120 valence electrons. The Morgan fingerprint density at radius 3 is 2.57 bits per heavy atom. The first-order valence-corrected chi connectivity index (χ1v) is 7.17. The third-order valence-corrected chi connectivity index (χ3v) is 3.14. The van der Waals surface area contributed by atoms with Crippen LogP contribution in [0, 0.1) is 0 Å². The number of nitrogens with two attached hydrogens (primary N) is 1. The summed E-state index contributed by atoms with van der Waals surface area (Å²) in [6.45, 7) is 6.73. The minimum atomic E-state index is -0.803. The number of halogens is 1. The van der Waals surface area contributed by atoms with Gasteiger partial charge in [-0.05, 0) is 25.8 Å². The highest BCUT2D eigenvalue weighted by Gasteiger charge is 2.27. The molecule has 0 aliphatic heterocycles. The molecule has 5 heteroatoms. The number of ether oxygens (including phenoxy) is 1. The lowest BCUT2D eigenvalue weighted by Crippen LogP contribution is -2.54. The van der Waals surface area contributed by atoms with Crippen LogP contribution in [0.15, 0.2) is 30.3 Å². The van der Waals surface area contributed by atoms with E-state index in [0.717, 1.165) is 12.0 Å². The molecule has 0 heterocycles. The number of rotatable bonds is 8. The smallest absolute Gasteiger partial charge is 0.240 e. The van der Waals surface area contributed by atoms with Crippen molar-refractivity contribution in [1.82, 2.24) is 5.32 Å². The summed E-state index contributed by atoms with van der Waals surface area (Å²) >= 11 is 0. The third kappa shape index (κ3) is 7.46. The lowest BCUT2D eigenvalue weighted by molar-refractivity contribution is -0.127. The number of hydrogen-bond donors (Lipinski definition) is 2. The standard InChI is InChI=1S/C16H26N2O2.ClH/c1-4-10-16(3,17)15(19)18-13(2)11-20-12-14-8-6-5-7-9-14;/h5-9,13H,4,10-12,17H2,1-3H3,(H,18,19);1H. The monoisotopic (exact) mass is 314 g/mol. The minimum Gasteiger partial charge on any atom is -0.375 e. The highest BCUT2D eigenvalue weighted by Crippen LogP contribution is 2.09. The predicted molar refractivity (Wildman–Crippen MR) is 88.5 cm³/mol. The average Bonchev–Trinajstić information content (AvgIpc) is 2.39. The largest absolute Gasteiger partial charge is 0.375 e. The van der Waals surface area contributed by atoms with Gasteiger partial charge in [0.15, 0.2) is 0 Å².